The summed E-state index contributed by atoms with van der Waals surface area (Å²) in [6.45, 7) is 5.67. The summed E-state index contributed by atoms with van der Waals surface area (Å²) in [7, 11) is 1.75. The van der Waals surface area contributed by atoms with E-state index in [1.54, 1.807) is 7.11 Å². The van der Waals surface area contributed by atoms with E-state index in [0.717, 1.165) is 57.4 Å². The van der Waals surface area contributed by atoms with Crippen LogP contribution in [0.25, 0.3) is 0 Å². The van der Waals surface area contributed by atoms with Gasteiger partial charge in [-0.15, -0.1) is 11.3 Å². The maximum absolute atomic E-state index is 12.9. The molecule has 0 aromatic carbocycles. The van der Waals surface area contributed by atoms with Crippen molar-refractivity contribution in [1.82, 2.24) is 9.80 Å². The van der Waals surface area contributed by atoms with Crippen molar-refractivity contribution in [2.45, 2.75) is 51.0 Å². The molecule has 1 aromatic heterocycles. The highest BCUT2D eigenvalue weighted by atomic mass is 32.1. The van der Waals surface area contributed by atoms with E-state index in [2.05, 4.69) is 45.5 Å². The van der Waals surface area contributed by atoms with Crippen LogP contribution in [0, 0.1) is 0 Å². The van der Waals surface area contributed by atoms with Crippen molar-refractivity contribution < 1.29 is 9.53 Å². The monoisotopic (exact) mass is 388 g/mol. The molecule has 1 aliphatic carbocycles. The van der Waals surface area contributed by atoms with E-state index in [4.69, 9.17) is 4.74 Å². The van der Waals surface area contributed by atoms with E-state index >= 15 is 0 Å². The number of hydrogen-bond acceptors (Lipinski definition) is 4. The van der Waals surface area contributed by atoms with Gasteiger partial charge >= 0.3 is 0 Å². The number of piperidine rings is 1. The highest BCUT2D eigenvalue weighted by Gasteiger charge is 2.43. The molecule has 0 N–H and O–H groups in total. The Morgan fingerprint density at radius 2 is 2.15 bits per heavy atom. The van der Waals surface area contributed by atoms with Crippen molar-refractivity contribution in [2.75, 3.05) is 33.4 Å². The fourth-order valence-corrected chi connectivity index (χ4v) is 4.92. The quantitative estimate of drug-likeness (QED) is 0.668. The average Bonchev–Trinajstić information content (AvgIpc) is 3.22. The van der Waals surface area contributed by atoms with E-state index in [9.17, 15) is 4.79 Å². The number of likely N-dealkylation sites (tertiary alicyclic amines) is 1. The highest BCUT2D eigenvalue weighted by Crippen LogP contribution is 2.35. The van der Waals surface area contributed by atoms with Crippen LogP contribution in [0.15, 0.2) is 41.4 Å². The van der Waals surface area contributed by atoms with Crippen molar-refractivity contribution in [3.8, 4) is 0 Å². The van der Waals surface area contributed by atoms with Gasteiger partial charge in [-0.3, -0.25) is 4.79 Å². The second kappa shape index (κ2) is 9.67. The molecule has 0 saturated carbocycles. The number of methoxy groups -OCH3 is 1. The largest absolute Gasteiger partial charge is 0.382 e. The van der Waals surface area contributed by atoms with E-state index in [0.29, 0.717) is 13.0 Å². The molecule has 1 amide bonds. The number of allylic oxidation sites excluding steroid dienone is 3. The van der Waals surface area contributed by atoms with Gasteiger partial charge in [-0.1, -0.05) is 25.1 Å². The van der Waals surface area contributed by atoms with Crippen LogP contribution >= 0.6 is 11.3 Å². The summed E-state index contributed by atoms with van der Waals surface area (Å²) >= 11 is 1.84. The van der Waals surface area contributed by atoms with Crippen molar-refractivity contribution in [3.05, 3.63) is 46.3 Å². The van der Waals surface area contributed by atoms with Gasteiger partial charge in [0.2, 0.25) is 5.91 Å². The third kappa shape index (κ3) is 4.89. The number of rotatable bonds is 8. The summed E-state index contributed by atoms with van der Waals surface area (Å²) in [6.07, 6.45) is 12.2. The number of nitrogens with zero attached hydrogens (tertiary/aromatic N) is 2. The van der Waals surface area contributed by atoms with Gasteiger partial charge in [0.25, 0.3) is 0 Å². The summed E-state index contributed by atoms with van der Waals surface area (Å²) in [6, 6.07) is 4.34. The van der Waals surface area contributed by atoms with Gasteiger partial charge in [-0.25, -0.2) is 0 Å². The molecule has 2 aliphatic rings. The Hall–Kier alpha value is -1.43. The first kappa shape index (κ1) is 20.3. The van der Waals surface area contributed by atoms with Crippen LogP contribution in [0.3, 0.4) is 0 Å². The first-order valence-corrected chi connectivity index (χ1v) is 11.0. The zero-order valence-electron chi connectivity index (χ0n) is 16.7. The average molecular weight is 389 g/mol. The van der Waals surface area contributed by atoms with Gasteiger partial charge in [0.15, 0.2) is 0 Å². The predicted molar refractivity (Wildman–Crippen MR) is 112 cm³/mol. The number of thiophene rings is 1. The molecule has 1 aliphatic heterocycles. The minimum absolute atomic E-state index is 0.205. The minimum atomic E-state index is -0.227. The van der Waals surface area contributed by atoms with E-state index in [1.165, 1.54) is 4.88 Å². The topological polar surface area (TPSA) is 32.8 Å². The van der Waals surface area contributed by atoms with Gasteiger partial charge in [0, 0.05) is 43.7 Å². The zero-order chi connectivity index (χ0) is 19.1. The van der Waals surface area contributed by atoms with Crippen molar-refractivity contribution in [2.24, 2.45) is 0 Å². The molecule has 0 bridgehead atoms. The predicted octanol–water partition coefficient (Wildman–Crippen LogP) is 4.24. The number of amides is 1. The number of ether oxygens (including phenoxy) is 1. The van der Waals surface area contributed by atoms with Crippen molar-refractivity contribution in [3.63, 3.8) is 0 Å². The summed E-state index contributed by atoms with van der Waals surface area (Å²) < 4.78 is 5.64. The Bertz CT molecular complexity index is 658. The molecule has 4 nitrogen and oxygen atoms in total. The molecule has 2 heterocycles. The van der Waals surface area contributed by atoms with E-state index in [1.807, 2.05) is 18.3 Å². The Balaban J connectivity index is 1.71. The van der Waals surface area contributed by atoms with Crippen LogP contribution in [-0.4, -0.2) is 54.6 Å². The smallest absolute Gasteiger partial charge is 0.227 e. The van der Waals surface area contributed by atoms with Crippen molar-refractivity contribution >= 4 is 17.2 Å². The number of hydrogen-bond donors (Lipinski definition) is 0. The maximum Gasteiger partial charge on any atom is 0.227 e. The molecular weight excluding hydrogens is 356 g/mol. The van der Waals surface area contributed by atoms with E-state index in [-0.39, 0.29) is 11.4 Å². The summed E-state index contributed by atoms with van der Waals surface area (Å²) in [4.78, 5) is 19.0. The lowest BCUT2D eigenvalue weighted by Gasteiger charge is -2.49. The van der Waals surface area contributed by atoms with Gasteiger partial charge in [0.1, 0.15) is 0 Å². The lowest BCUT2D eigenvalue weighted by molar-refractivity contribution is -0.138. The molecule has 5 heteroatoms. The zero-order valence-corrected chi connectivity index (χ0v) is 17.5. The molecule has 0 atom stereocenters. The Labute approximate surface area is 167 Å². The Morgan fingerprint density at radius 3 is 2.74 bits per heavy atom. The summed E-state index contributed by atoms with van der Waals surface area (Å²) in [5.41, 5.74) is 0.839. The molecule has 0 unspecified atom stereocenters. The molecular formula is C22H32N2O2S. The molecule has 0 radical (unpaired) electrons. The van der Waals surface area contributed by atoms with Crippen LogP contribution in [0.1, 0.15) is 43.9 Å². The summed E-state index contributed by atoms with van der Waals surface area (Å²) in [5.74, 6) is 0.205. The third-order valence-electron chi connectivity index (χ3n) is 5.71. The number of carbonyl (C=O) groups excluding carboxylic acids is 1. The molecule has 0 spiro atoms. The lowest BCUT2D eigenvalue weighted by Crippen LogP contribution is -2.59. The molecule has 148 valence electrons. The Kier molecular flexibility index (Phi) is 7.27. The maximum atomic E-state index is 12.9. The molecule has 3 rings (SSSR count). The molecule has 27 heavy (non-hydrogen) atoms. The lowest BCUT2D eigenvalue weighted by atomic mass is 9.84. The SMILES string of the molecule is CCC(=O)N(C1=CCCC=C1)C1(COC)CCN(CCc2cccs2)CC1. The second-order valence-electron chi connectivity index (χ2n) is 7.52. The van der Waals surface area contributed by atoms with Crippen LogP contribution in [-0.2, 0) is 16.0 Å². The first-order chi connectivity index (χ1) is 13.2. The van der Waals surface area contributed by atoms with Crippen LogP contribution in [0.5, 0.6) is 0 Å². The number of carbonyl (C=O) groups is 1. The normalized spacial score (nSPS) is 19.7. The third-order valence-corrected chi connectivity index (χ3v) is 6.65. The highest BCUT2D eigenvalue weighted by molar-refractivity contribution is 7.09. The van der Waals surface area contributed by atoms with Crippen LogP contribution < -0.4 is 0 Å². The van der Waals surface area contributed by atoms with Crippen LogP contribution in [0.4, 0.5) is 0 Å². The van der Waals surface area contributed by atoms with Gasteiger partial charge in [0.05, 0.1) is 12.1 Å². The van der Waals surface area contributed by atoms with Gasteiger partial charge < -0.3 is 14.5 Å². The summed E-state index contributed by atoms with van der Waals surface area (Å²) in [5, 5.41) is 2.15. The van der Waals surface area contributed by atoms with Gasteiger partial charge in [-0.2, -0.15) is 0 Å². The van der Waals surface area contributed by atoms with Crippen LogP contribution in [0.2, 0.25) is 0 Å². The fourth-order valence-electron chi connectivity index (χ4n) is 4.22. The molecule has 1 aromatic rings. The minimum Gasteiger partial charge on any atom is -0.382 e. The molecule has 1 fully saturated rings. The fraction of sp³-hybridized carbons (Fsp3) is 0.591. The molecule has 1 saturated heterocycles. The van der Waals surface area contributed by atoms with Gasteiger partial charge in [-0.05, 0) is 49.6 Å². The Morgan fingerprint density at radius 1 is 1.33 bits per heavy atom. The second-order valence-corrected chi connectivity index (χ2v) is 8.55. The first-order valence-electron chi connectivity index (χ1n) is 10.1. The standard InChI is InChI=1S/C22H32N2O2S/c1-3-21(25)24(19-8-5-4-6-9-19)22(18-26-2)12-15-23(16-13-22)14-11-20-10-7-17-27-20/h5,7-10,17H,3-4,6,11-16,18H2,1-2H3. The van der Waals surface area contributed by atoms with Crippen molar-refractivity contribution in [1.29, 1.82) is 0 Å². The van der Waals surface area contributed by atoms with E-state index < -0.39 is 0 Å².